The molecule has 0 aliphatic heterocycles. The fraction of sp³-hybridized carbons (Fsp3) is 0.643. The van der Waals surface area contributed by atoms with Crippen molar-refractivity contribution in [1.29, 1.82) is 0 Å². The summed E-state index contributed by atoms with van der Waals surface area (Å²) in [5.41, 5.74) is 0. The Labute approximate surface area is 105 Å². The van der Waals surface area contributed by atoms with Crippen molar-refractivity contribution < 1.29 is 9.90 Å². The number of unbranched alkanes of at least 4 members (excludes halogenated alkanes) is 2. The first kappa shape index (κ1) is 15.9. The first-order valence-electron chi connectivity index (χ1n) is 6.29. The molecule has 0 radical (unpaired) electrons. The summed E-state index contributed by atoms with van der Waals surface area (Å²) in [6, 6.07) is -0.163. The summed E-state index contributed by atoms with van der Waals surface area (Å²) in [4.78, 5) is 10.8. The zero-order valence-electron chi connectivity index (χ0n) is 11.0. The number of hydrogen-bond acceptors (Lipinski definition) is 2. The maximum atomic E-state index is 10.8. The lowest BCUT2D eigenvalue weighted by Gasteiger charge is -2.19. The molecule has 17 heavy (non-hydrogen) atoms. The maximum absolute atomic E-state index is 10.8. The molecule has 2 atom stereocenters. The largest absolute Gasteiger partial charge is 0.391 e. The molecule has 0 aromatic heterocycles. The van der Waals surface area contributed by atoms with Crippen molar-refractivity contribution in [1.82, 2.24) is 5.32 Å². The molecule has 0 rings (SSSR count). The van der Waals surface area contributed by atoms with Crippen LogP contribution in [0.15, 0.2) is 24.8 Å². The molecule has 1 amide bonds. The predicted molar refractivity (Wildman–Crippen MR) is 71.7 cm³/mol. The number of aliphatic hydroxyl groups excluding tert-OH is 1. The van der Waals surface area contributed by atoms with Crippen molar-refractivity contribution in [2.45, 2.75) is 58.1 Å². The molecule has 0 fully saturated rings. The van der Waals surface area contributed by atoms with Crippen LogP contribution in [0.25, 0.3) is 0 Å². The van der Waals surface area contributed by atoms with Crippen molar-refractivity contribution >= 4 is 5.91 Å². The molecular formula is C14H25NO2. The minimum atomic E-state index is -0.448. The van der Waals surface area contributed by atoms with Gasteiger partial charge in [-0.3, -0.25) is 4.79 Å². The number of allylic oxidation sites excluding steroid dienone is 3. The number of carbonyl (C=O) groups excluding carboxylic acids is 1. The van der Waals surface area contributed by atoms with Gasteiger partial charge in [0.1, 0.15) is 0 Å². The van der Waals surface area contributed by atoms with Gasteiger partial charge >= 0.3 is 0 Å². The fourth-order valence-electron chi connectivity index (χ4n) is 1.59. The van der Waals surface area contributed by atoms with E-state index in [4.69, 9.17) is 0 Å². The van der Waals surface area contributed by atoms with Gasteiger partial charge in [-0.2, -0.15) is 0 Å². The van der Waals surface area contributed by atoms with Gasteiger partial charge in [-0.25, -0.2) is 0 Å². The number of rotatable bonds is 9. The quantitative estimate of drug-likeness (QED) is 0.480. The molecule has 0 unspecified atom stereocenters. The highest BCUT2D eigenvalue weighted by Gasteiger charge is 2.13. The summed E-state index contributed by atoms with van der Waals surface area (Å²) in [6.45, 7) is 6.94. The van der Waals surface area contributed by atoms with Crippen molar-refractivity contribution in [3.63, 3.8) is 0 Å². The van der Waals surface area contributed by atoms with Crippen molar-refractivity contribution in [2.75, 3.05) is 0 Å². The molecule has 98 valence electrons. The van der Waals surface area contributed by atoms with Gasteiger partial charge in [-0.15, -0.1) is 6.58 Å². The maximum Gasteiger partial charge on any atom is 0.217 e. The Hall–Kier alpha value is -1.09. The lowest BCUT2D eigenvalue weighted by Crippen LogP contribution is -2.39. The highest BCUT2D eigenvalue weighted by molar-refractivity contribution is 5.73. The monoisotopic (exact) mass is 239 g/mol. The minimum Gasteiger partial charge on any atom is -0.391 e. The average Bonchev–Trinajstić information content (AvgIpc) is 2.26. The van der Waals surface area contributed by atoms with Crippen molar-refractivity contribution in [2.24, 2.45) is 0 Å². The molecular weight excluding hydrogens is 214 g/mol. The zero-order valence-corrected chi connectivity index (χ0v) is 11.0. The minimum absolute atomic E-state index is 0.0936. The van der Waals surface area contributed by atoms with E-state index in [1.54, 1.807) is 0 Å². The Morgan fingerprint density at radius 1 is 1.41 bits per heavy atom. The van der Waals surface area contributed by atoms with Crippen LogP contribution >= 0.6 is 0 Å². The number of carbonyl (C=O) groups is 1. The van der Waals surface area contributed by atoms with Crippen molar-refractivity contribution in [3.8, 4) is 0 Å². The van der Waals surface area contributed by atoms with Gasteiger partial charge < -0.3 is 10.4 Å². The summed E-state index contributed by atoms with van der Waals surface area (Å²) in [7, 11) is 0. The Bertz CT molecular complexity index is 249. The van der Waals surface area contributed by atoms with Crippen LogP contribution in [0.4, 0.5) is 0 Å². The highest BCUT2D eigenvalue weighted by atomic mass is 16.3. The summed E-state index contributed by atoms with van der Waals surface area (Å²) in [5.74, 6) is -0.0936. The first-order valence-corrected chi connectivity index (χ1v) is 6.29. The molecule has 0 heterocycles. The van der Waals surface area contributed by atoms with E-state index in [1.807, 2.05) is 13.0 Å². The van der Waals surface area contributed by atoms with E-state index in [0.29, 0.717) is 0 Å². The molecule has 0 spiro atoms. The Balaban J connectivity index is 3.53. The van der Waals surface area contributed by atoms with Crippen LogP contribution in [-0.2, 0) is 4.79 Å². The lowest BCUT2D eigenvalue weighted by molar-refractivity contribution is -0.120. The number of amides is 1. The van der Waals surface area contributed by atoms with Gasteiger partial charge in [0.2, 0.25) is 5.91 Å². The Kier molecular flexibility index (Phi) is 9.44. The summed E-state index contributed by atoms with van der Waals surface area (Å²) in [6.07, 6.45) is 10.4. The second-order valence-corrected chi connectivity index (χ2v) is 4.34. The molecule has 0 aliphatic rings. The molecule has 0 bridgehead atoms. The number of aliphatic hydroxyl groups is 1. The number of nitrogens with one attached hydrogen (secondary N) is 1. The first-order chi connectivity index (χ1) is 8.07. The molecule has 3 nitrogen and oxygen atoms in total. The summed E-state index contributed by atoms with van der Waals surface area (Å²) >= 11 is 0. The second-order valence-electron chi connectivity index (χ2n) is 4.34. The fourth-order valence-corrected chi connectivity index (χ4v) is 1.59. The molecule has 0 saturated heterocycles. The third-order valence-electron chi connectivity index (χ3n) is 2.60. The Morgan fingerprint density at radius 2 is 2.12 bits per heavy atom. The molecule has 2 N–H and O–H groups in total. The molecule has 0 saturated carbocycles. The van der Waals surface area contributed by atoms with Gasteiger partial charge in [-0.05, 0) is 32.6 Å². The van der Waals surface area contributed by atoms with Crippen LogP contribution in [0, 0.1) is 0 Å². The van der Waals surface area contributed by atoms with Gasteiger partial charge in [0.05, 0.1) is 12.1 Å². The number of hydrogen-bond donors (Lipinski definition) is 2. The lowest BCUT2D eigenvalue weighted by atomic mass is 10.0. The van der Waals surface area contributed by atoms with Crippen molar-refractivity contribution in [3.05, 3.63) is 24.8 Å². The molecule has 3 heteroatoms. The third-order valence-corrected chi connectivity index (χ3v) is 2.60. The van der Waals surface area contributed by atoms with E-state index in [9.17, 15) is 9.90 Å². The van der Waals surface area contributed by atoms with Crippen LogP contribution in [0.1, 0.15) is 46.0 Å². The van der Waals surface area contributed by atoms with Gasteiger partial charge in [0.15, 0.2) is 0 Å². The van der Waals surface area contributed by atoms with Crippen LogP contribution in [0.5, 0.6) is 0 Å². The molecule has 0 aromatic carbocycles. The summed E-state index contributed by atoms with van der Waals surface area (Å²) < 4.78 is 0. The molecule has 0 aromatic rings. The smallest absolute Gasteiger partial charge is 0.217 e. The van der Waals surface area contributed by atoms with Crippen LogP contribution < -0.4 is 5.32 Å². The van der Waals surface area contributed by atoms with Gasteiger partial charge in [0.25, 0.3) is 0 Å². The normalized spacial score (nSPS) is 14.5. The predicted octanol–water partition coefficient (Wildman–Crippen LogP) is 2.56. The summed E-state index contributed by atoms with van der Waals surface area (Å²) in [5, 5.41) is 12.5. The third kappa shape index (κ3) is 9.82. The topological polar surface area (TPSA) is 49.3 Å². The highest BCUT2D eigenvalue weighted by Crippen LogP contribution is 2.07. The van der Waals surface area contributed by atoms with Crippen LogP contribution in [0.3, 0.4) is 0 Å². The van der Waals surface area contributed by atoms with E-state index in [1.165, 1.54) is 6.92 Å². The zero-order chi connectivity index (χ0) is 13.1. The van der Waals surface area contributed by atoms with E-state index < -0.39 is 6.10 Å². The van der Waals surface area contributed by atoms with E-state index in [0.717, 1.165) is 32.1 Å². The van der Waals surface area contributed by atoms with Crippen LogP contribution in [-0.4, -0.2) is 23.2 Å². The average molecular weight is 239 g/mol. The van der Waals surface area contributed by atoms with Gasteiger partial charge in [-0.1, -0.05) is 24.6 Å². The second kappa shape index (κ2) is 10.1. The van der Waals surface area contributed by atoms with Gasteiger partial charge in [0, 0.05) is 6.92 Å². The van der Waals surface area contributed by atoms with E-state index >= 15 is 0 Å². The van der Waals surface area contributed by atoms with Crippen LogP contribution in [0.2, 0.25) is 0 Å². The van der Waals surface area contributed by atoms with E-state index in [-0.39, 0.29) is 11.9 Å². The Morgan fingerprint density at radius 3 is 2.71 bits per heavy atom. The van der Waals surface area contributed by atoms with E-state index in [2.05, 4.69) is 24.0 Å². The molecule has 0 aliphatic carbocycles. The standard InChI is InChI=1S/C14H25NO2/c1-4-5-6-7-8-9-10-11-14(17)12(2)15-13(3)16/h4,6-7,12,14,17H,1,5,8-11H2,2-3H3,(H,15,16)/b7-6-/t12-,14+/m1/s1. The SMILES string of the molecule is C=CC/C=C\CCCC[C@H](O)[C@@H](C)NC(C)=O.